The second-order valence-corrected chi connectivity index (χ2v) is 6.17. The number of likely N-dealkylation sites (tertiary alicyclic amines) is 1. The summed E-state index contributed by atoms with van der Waals surface area (Å²) in [5.74, 6) is 0. The molecule has 2 nitrogen and oxygen atoms in total. The van der Waals surface area contributed by atoms with Gasteiger partial charge in [-0.3, -0.25) is 0 Å². The molecular formula is C13H21NOS. The molecule has 3 heteroatoms. The van der Waals surface area contributed by atoms with Crippen LogP contribution in [0.2, 0.25) is 0 Å². The standard InChI is InChI=1S/C13H21NOS/c1-10(2)14-7-5-13(15,6-8-14)12-4-9-16-11(12)3/h4,9-10,15H,5-8H2,1-3H3. The smallest absolute Gasteiger partial charge is 0.0931 e. The number of piperidine rings is 1. The molecule has 16 heavy (non-hydrogen) atoms. The summed E-state index contributed by atoms with van der Waals surface area (Å²) in [4.78, 5) is 3.70. The van der Waals surface area contributed by atoms with Gasteiger partial charge in [-0.1, -0.05) is 0 Å². The minimum absolute atomic E-state index is 0.574. The first-order valence-corrected chi connectivity index (χ1v) is 6.92. The third-order valence-corrected chi connectivity index (χ3v) is 4.56. The zero-order valence-electron chi connectivity index (χ0n) is 10.4. The molecule has 0 aliphatic carbocycles. The largest absolute Gasteiger partial charge is 0.385 e. The zero-order valence-corrected chi connectivity index (χ0v) is 11.2. The van der Waals surface area contributed by atoms with Gasteiger partial charge in [-0.2, -0.15) is 0 Å². The van der Waals surface area contributed by atoms with Gasteiger partial charge in [0.15, 0.2) is 0 Å². The van der Waals surface area contributed by atoms with E-state index in [0.29, 0.717) is 6.04 Å². The first kappa shape index (κ1) is 12.1. The third kappa shape index (κ3) is 2.17. The second kappa shape index (κ2) is 4.47. The van der Waals surface area contributed by atoms with Crippen molar-refractivity contribution in [1.29, 1.82) is 0 Å². The summed E-state index contributed by atoms with van der Waals surface area (Å²) in [7, 11) is 0. The molecule has 1 saturated heterocycles. The van der Waals surface area contributed by atoms with Gasteiger partial charge in [-0.25, -0.2) is 0 Å². The fraction of sp³-hybridized carbons (Fsp3) is 0.692. The summed E-state index contributed by atoms with van der Waals surface area (Å²) in [6, 6.07) is 2.68. The van der Waals surface area contributed by atoms with Gasteiger partial charge in [0.25, 0.3) is 0 Å². The van der Waals surface area contributed by atoms with Gasteiger partial charge in [0.05, 0.1) is 5.60 Å². The lowest BCUT2D eigenvalue weighted by Gasteiger charge is -2.40. The molecule has 0 spiro atoms. The Labute approximate surface area is 102 Å². The van der Waals surface area contributed by atoms with Crippen molar-refractivity contribution in [3.05, 3.63) is 21.9 Å². The first-order chi connectivity index (χ1) is 7.53. The monoisotopic (exact) mass is 239 g/mol. The van der Waals surface area contributed by atoms with Crippen LogP contribution in [0.15, 0.2) is 11.4 Å². The predicted octanol–water partition coefficient (Wildman–Crippen LogP) is 2.75. The summed E-state index contributed by atoms with van der Waals surface area (Å²) in [5.41, 5.74) is 0.580. The van der Waals surface area contributed by atoms with Gasteiger partial charge < -0.3 is 10.0 Å². The van der Waals surface area contributed by atoms with Crippen molar-refractivity contribution in [2.24, 2.45) is 0 Å². The Kier molecular flexibility index (Phi) is 3.38. The van der Waals surface area contributed by atoms with Crippen LogP contribution in [0.1, 0.15) is 37.1 Å². The second-order valence-electron chi connectivity index (χ2n) is 5.05. The van der Waals surface area contributed by atoms with E-state index in [2.05, 4.69) is 37.1 Å². The molecule has 0 amide bonds. The van der Waals surface area contributed by atoms with Crippen LogP contribution in [0, 0.1) is 6.92 Å². The third-order valence-electron chi connectivity index (χ3n) is 3.72. The van der Waals surface area contributed by atoms with E-state index < -0.39 is 5.60 Å². The molecule has 1 aliphatic rings. The maximum Gasteiger partial charge on any atom is 0.0931 e. The molecule has 0 saturated carbocycles. The lowest BCUT2D eigenvalue weighted by atomic mass is 9.84. The minimum atomic E-state index is -0.574. The molecule has 1 aliphatic heterocycles. The molecule has 1 aromatic heterocycles. The van der Waals surface area contributed by atoms with Gasteiger partial charge in [0.1, 0.15) is 0 Å². The maximum absolute atomic E-state index is 10.7. The highest BCUT2D eigenvalue weighted by Gasteiger charge is 2.35. The Balaban J connectivity index is 2.10. The summed E-state index contributed by atoms with van der Waals surface area (Å²) >= 11 is 1.73. The Morgan fingerprint density at radius 2 is 2.00 bits per heavy atom. The van der Waals surface area contributed by atoms with E-state index in [1.807, 2.05) is 0 Å². The lowest BCUT2D eigenvalue weighted by molar-refractivity contribution is -0.0324. The molecule has 1 fully saturated rings. The summed E-state index contributed by atoms with van der Waals surface area (Å²) in [6.45, 7) is 8.56. The van der Waals surface area contributed by atoms with E-state index in [-0.39, 0.29) is 0 Å². The minimum Gasteiger partial charge on any atom is -0.385 e. The molecule has 0 bridgehead atoms. The van der Waals surface area contributed by atoms with Gasteiger partial charge in [0, 0.05) is 24.0 Å². The summed E-state index contributed by atoms with van der Waals surface area (Å²) < 4.78 is 0. The van der Waals surface area contributed by atoms with E-state index in [9.17, 15) is 5.11 Å². The number of aliphatic hydroxyl groups is 1. The molecule has 90 valence electrons. The molecule has 0 unspecified atom stereocenters. The first-order valence-electron chi connectivity index (χ1n) is 6.04. The zero-order chi connectivity index (χ0) is 11.8. The molecule has 0 aromatic carbocycles. The van der Waals surface area contributed by atoms with Crippen LogP contribution in [0.3, 0.4) is 0 Å². The summed E-state index contributed by atoms with van der Waals surface area (Å²) in [6.07, 6.45) is 1.73. The normalized spacial score (nSPS) is 21.6. The van der Waals surface area contributed by atoms with Crippen LogP contribution < -0.4 is 0 Å². The van der Waals surface area contributed by atoms with E-state index in [0.717, 1.165) is 31.5 Å². The molecule has 0 radical (unpaired) electrons. The molecule has 1 aromatic rings. The number of rotatable bonds is 2. The Hall–Kier alpha value is -0.380. The highest BCUT2D eigenvalue weighted by molar-refractivity contribution is 7.10. The highest BCUT2D eigenvalue weighted by atomic mass is 32.1. The SMILES string of the molecule is Cc1sccc1C1(O)CCN(C(C)C)CC1. The number of thiophene rings is 1. The maximum atomic E-state index is 10.7. The Bertz CT molecular complexity index is 351. The van der Waals surface area contributed by atoms with Crippen LogP contribution in [-0.2, 0) is 5.60 Å². The van der Waals surface area contributed by atoms with E-state index >= 15 is 0 Å². The van der Waals surface area contributed by atoms with Crippen molar-refractivity contribution in [3.63, 3.8) is 0 Å². The average Bonchev–Trinajstić information content (AvgIpc) is 2.66. The van der Waals surface area contributed by atoms with Crippen molar-refractivity contribution in [3.8, 4) is 0 Å². The molecule has 1 N–H and O–H groups in total. The van der Waals surface area contributed by atoms with Crippen LogP contribution >= 0.6 is 11.3 Å². The van der Waals surface area contributed by atoms with Crippen LogP contribution in [0.4, 0.5) is 0 Å². The van der Waals surface area contributed by atoms with Crippen molar-refractivity contribution in [2.45, 2.75) is 45.3 Å². The molecule has 2 rings (SSSR count). The van der Waals surface area contributed by atoms with Crippen molar-refractivity contribution >= 4 is 11.3 Å². The quantitative estimate of drug-likeness (QED) is 0.858. The van der Waals surface area contributed by atoms with Gasteiger partial charge in [-0.15, -0.1) is 11.3 Å². The molecule has 0 atom stereocenters. The lowest BCUT2D eigenvalue weighted by Crippen LogP contribution is -2.45. The Morgan fingerprint density at radius 1 is 1.38 bits per heavy atom. The van der Waals surface area contributed by atoms with Crippen molar-refractivity contribution in [2.75, 3.05) is 13.1 Å². The number of hydrogen-bond donors (Lipinski definition) is 1. The topological polar surface area (TPSA) is 23.5 Å². The molecular weight excluding hydrogens is 218 g/mol. The van der Waals surface area contributed by atoms with Crippen molar-refractivity contribution < 1.29 is 5.11 Å². The number of nitrogens with zero attached hydrogens (tertiary/aromatic N) is 1. The van der Waals surface area contributed by atoms with E-state index in [1.165, 1.54) is 4.88 Å². The summed E-state index contributed by atoms with van der Waals surface area (Å²) in [5, 5.41) is 12.8. The molecule has 2 heterocycles. The van der Waals surface area contributed by atoms with Crippen molar-refractivity contribution in [1.82, 2.24) is 4.90 Å². The van der Waals surface area contributed by atoms with Crippen LogP contribution in [-0.4, -0.2) is 29.1 Å². The Morgan fingerprint density at radius 3 is 2.44 bits per heavy atom. The highest BCUT2D eigenvalue weighted by Crippen LogP contribution is 2.36. The number of aryl methyl sites for hydroxylation is 1. The fourth-order valence-corrected chi connectivity index (χ4v) is 3.34. The fourth-order valence-electron chi connectivity index (χ4n) is 2.55. The van der Waals surface area contributed by atoms with Gasteiger partial charge in [-0.05, 0) is 50.6 Å². The van der Waals surface area contributed by atoms with Gasteiger partial charge >= 0.3 is 0 Å². The van der Waals surface area contributed by atoms with Gasteiger partial charge in [0.2, 0.25) is 0 Å². The predicted molar refractivity (Wildman–Crippen MR) is 68.9 cm³/mol. The van der Waals surface area contributed by atoms with E-state index in [4.69, 9.17) is 0 Å². The van der Waals surface area contributed by atoms with Crippen LogP contribution in [0.25, 0.3) is 0 Å². The van der Waals surface area contributed by atoms with Crippen LogP contribution in [0.5, 0.6) is 0 Å². The number of hydrogen-bond acceptors (Lipinski definition) is 3. The average molecular weight is 239 g/mol. The van der Waals surface area contributed by atoms with E-state index in [1.54, 1.807) is 11.3 Å².